The van der Waals surface area contributed by atoms with Crippen LogP contribution in [0.3, 0.4) is 0 Å². The van der Waals surface area contributed by atoms with Gasteiger partial charge >= 0.3 is 7.12 Å². The number of carbonyl (C=O) groups is 2. The van der Waals surface area contributed by atoms with Crippen molar-refractivity contribution in [2.75, 3.05) is 26.7 Å². The molecule has 0 bridgehead atoms. The molecule has 0 aliphatic carbocycles. The fourth-order valence-corrected chi connectivity index (χ4v) is 2.14. The van der Waals surface area contributed by atoms with Crippen LogP contribution < -0.4 is 21.5 Å². The Morgan fingerprint density at radius 2 is 1.96 bits per heavy atom. The third kappa shape index (κ3) is 9.47. The molecule has 7 N–H and O–H groups in total. The number of benzene rings is 1. The number of para-hydroxylation sites is 1. The molecule has 27 heavy (non-hydrogen) atoms. The Morgan fingerprint density at radius 3 is 2.56 bits per heavy atom. The van der Waals surface area contributed by atoms with Crippen molar-refractivity contribution in [3.63, 3.8) is 0 Å². The topological polar surface area (TPSA) is 163 Å². The largest absolute Gasteiger partial charge is 0.484 e. The van der Waals surface area contributed by atoms with E-state index < -0.39 is 19.0 Å². The van der Waals surface area contributed by atoms with Crippen LogP contribution in [0.2, 0.25) is 0 Å². The van der Waals surface area contributed by atoms with E-state index in [2.05, 4.69) is 10.3 Å². The van der Waals surface area contributed by atoms with Gasteiger partial charge in [-0.15, -0.1) is 0 Å². The number of likely N-dealkylation sites (N-methyl/N-ethyl adjacent to an activating group) is 1. The smallest absolute Gasteiger partial charge is 0.475 e. The maximum absolute atomic E-state index is 12.1. The predicted molar refractivity (Wildman–Crippen MR) is 102 cm³/mol. The van der Waals surface area contributed by atoms with E-state index in [1.807, 2.05) is 6.07 Å². The van der Waals surface area contributed by atoms with E-state index in [4.69, 9.17) is 16.2 Å². The normalized spacial score (nSPS) is 11.2. The minimum absolute atomic E-state index is 0.0574. The van der Waals surface area contributed by atoms with Gasteiger partial charge in [-0.05, 0) is 25.0 Å². The molecule has 0 radical (unpaired) electrons. The highest BCUT2D eigenvalue weighted by Gasteiger charge is 2.25. The van der Waals surface area contributed by atoms with Crippen molar-refractivity contribution < 1.29 is 24.4 Å². The summed E-state index contributed by atoms with van der Waals surface area (Å²) < 4.78 is 5.34. The molecule has 1 aromatic carbocycles. The lowest BCUT2D eigenvalue weighted by atomic mass is 9.76. The Bertz CT molecular complexity index is 625. The second-order valence-corrected chi connectivity index (χ2v) is 5.89. The summed E-state index contributed by atoms with van der Waals surface area (Å²) in [6.07, 6.45) is 0.703. The van der Waals surface area contributed by atoms with Crippen LogP contribution in [-0.2, 0) is 9.59 Å². The summed E-state index contributed by atoms with van der Waals surface area (Å²) in [7, 11) is -0.282. The molecule has 0 aromatic heterocycles. The van der Waals surface area contributed by atoms with Gasteiger partial charge in [0, 0.05) is 13.6 Å². The number of nitrogens with two attached hydrogens (primary N) is 2. The Kier molecular flexibility index (Phi) is 9.69. The van der Waals surface area contributed by atoms with Gasteiger partial charge in [-0.2, -0.15) is 0 Å². The van der Waals surface area contributed by atoms with Crippen molar-refractivity contribution in [3.8, 4) is 5.75 Å². The Balaban J connectivity index is 2.40. The molecule has 0 spiro atoms. The number of hydrogen-bond acceptors (Lipinski definition) is 6. The molecule has 1 unspecified atom stereocenters. The van der Waals surface area contributed by atoms with E-state index >= 15 is 0 Å². The molecule has 1 aromatic rings. The molecule has 148 valence electrons. The molecule has 0 aliphatic heterocycles. The summed E-state index contributed by atoms with van der Waals surface area (Å²) in [4.78, 5) is 29.1. The van der Waals surface area contributed by atoms with Gasteiger partial charge in [0.1, 0.15) is 5.75 Å². The number of nitrogens with one attached hydrogen (secondary N) is 1. The van der Waals surface area contributed by atoms with Gasteiger partial charge in [-0.25, -0.2) is 0 Å². The monoisotopic (exact) mass is 379 g/mol. The number of nitrogens with zero attached hydrogens (tertiary/aromatic N) is 2. The lowest BCUT2D eigenvalue weighted by Gasteiger charge is -2.21. The Labute approximate surface area is 158 Å². The Hall–Kier alpha value is -2.79. The van der Waals surface area contributed by atoms with E-state index in [9.17, 15) is 19.6 Å². The quantitative estimate of drug-likeness (QED) is 0.129. The fourth-order valence-electron chi connectivity index (χ4n) is 2.14. The zero-order valence-electron chi connectivity index (χ0n) is 15.2. The van der Waals surface area contributed by atoms with Crippen LogP contribution in [-0.4, -0.2) is 72.5 Å². The van der Waals surface area contributed by atoms with Crippen LogP contribution in [0.5, 0.6) is 5.75 Å². The van der Waals surface area contributed by atoms with Gasteiger partial charge in [0.25, 0.3) is 5.91 Å². The van der Waals surface area contributed by atoms with Crippen LogP contribution in [0.15, 0.2) is 35.3 Å². The van der Waals surface area contributed by atoms with E-state index in [1.165, 1.54) is 11.9 Å². The number of rotatable bonds is 11. The first-order valence-electron chi connectivity index (χ1n) is 8.42. The minimum Gasteiger partial charge on any atom is -0.484 e. The van der Waals surface area contributed by atoms with Crippen molar-refractivity contribution in [2.24, 2.45) is 16.5 Å². The van der Waals surface area contributed by atoms with Crippen molar-refractivity contribution in [1.29, 1.82) is 0 Å². The molecule has 11 heteroatoms. The van der Waals surface area contributed by atoms with Crippen molar-refractivity contribution in [2.45, 2.75) is 18.8 Å². The SMILES string of the molecule is CN(CC(=O)NC(CCCN=C(N)N)B(O)O)C(=O)COc1ccccc1. The zero-order valence-corrected chi connectivity index (χ0v) is 15.2. The summed E-state index contributed by atoms with van der Waals surface area (Å²) >= 11 is 0. The molecule has 10 nitrogen and oxygen atoms in total. The van der Waals surface area contributed by atoms with Gasteiger partial charge in [-0.1, -0.05) is 18.2 Å². The number of hydrogen-bond donors (Lipinski definition) is 5. The van der Waals surface area contributed by atoms with Crippen molar-refractivity contribution in [3.05, 3.63) is 30.3 Å². The van der Waals surface area contributed by atoms with Gasteiger partial charge in [0.05, 0.1) is 12.5 Å². The lowest BCUT2D eigenvalue weighted by Crippen LogP contribution is -2.50. The summed E-state index contributed by atoms with van der Waals surface area (Å²) in [6.45, 7) is -0.150. The van der Waals surface area contributed by atoms with Crippen LogP contribution in [0, 0.1) is 0 Å². The number of ether oxygens (including phenoxy) is 1. The van der Waals surface area contributed by atoms with E-state index in [-0.39, 0.29) is 31.4 Å². The molecular weight excluding hydrogens is 353 g/mol. The second kappa shape index (κ2) is 11.8. The molecule has 0 heterocycles. The van der Waals surface area contributed by atoms with Crippen LogP contribution in [0.25, 0.3) is 0 Å². The molecule has 0 fully saturated rings. The third-order valence-corrected chi connectivity index (χ3v) is 3.59. The lowest BCUT2D eigenvalue weighted by molar-refractivity contribution is -0.136. The summed E-state index contributed by atoms with van der Waals surface area (Å²) in [5.41, 5.74) is 10.4. The molecule has 2 amide bonds. The minimum atomic E-state index is -1.74. The molecular formula is C16H26BN5O5. The first kappa shape index (κ1) is 22.3. The maximum atomic E-state index is 12.1. The predicted octanol–water partition coefficient (Wildman–Crippen LogP) is -1.93. The van der Waals surface area contributed by atoms with Gasteiger partial charge in [0.15, 0.2) is 12.6 Å². The second-order valence-electron chi connectivity index (χ2n) is 5.89. The van der Waals surface area contributed by atoms with Crippen molar-refractivity contribution in [1.82, 2.24) is 10.2 Å². The number of amides is 2. The summed E-state index contributed by atoms with van der Waals surface area (Å²) in [5, 5.41) is 21.2. The van der Waals surface area contributed by atoms with Gasteiger partial charge in [-0.3, -0.25) is 14.6 Å². The summed E-state index contributed by atoms with van der Waals surface area (Å²) in [6, 6.07) is 8.83. The number of carbonyl (C=O) groups excluding carboxylic acids is 2. The highest BCUT2D eigenvalue weighted by Crippen LogP contribution is 2.08. The molecule has 0 aliphatic rings. The zero-order chi connectivity index (χ0) is 20.2. The molecule has 0 saturated carbocycles. The third-order valence-electron chi connectivity index (χ3n) is 3.59. The number of aliphatic imine (C=N–C) groups is 1. The molecule has 1 rings (SSSR count). The van der Waals surface area contributed by atoms with Gasteiger partial charge in [0.2, 0.25) is 5.91 Å². The van der Waals surface area contributed by atoms with Crippen molar-refractivity contribution >= 4 is 24.9 Å². The average molecular weight is 379 g/mol. The average Bonchev–Trinajstić information content (AvgIpc) is 2.62. The van der Waals surface area contributed by atoms with Crippen LogP contribution >= 0.6 is 0 Å². The highest BCUT2D eigenvalue weighted by atomic mass is 16.5. The van der Waals surface area contributed by atoms with E-state index in [1.54, 1.807) is 24.3 Å². The Morgan fingerprint density at radius 1 is 1.30 bits per heavy atom. The number of guanidine groups is 1. The van der Waals surface area contributed by atoms with Crippen LogP contribution in [0.1, 0.15) is 12.8 Å². The molecule has 0 saturated heterocycles. The van der Waals surface area contributed by atoms with Gasteiger partial charge < -0.3 is 36.5 Å². The first-order valence-corrected chi connectivity index (χ1v) is 8.42. The maximum Gasteiger partial charge on any atom is 0.475 e. The van der Waals surface area contributed by atoms with E-state index in [0.29, 0.717) is 18.7 Å². The fraction of sp³-hybridized carbons (Fsp3) is 0.438. The first-order chi connectivity index (χ1) is 12.8. The van der Waals surface area contributed by atoms with E-state index in [0.717, 1.165) is 0 Å². The summed E-state index contributed by atoms with van der Waals surface area (Å²) in [5.74, 6) is -1.31. The standard InChI is InChI=1S/C16H26BN5O5/c1-22(15(24)11-27-12-6-3-2-4-7-12)10-14(23)21-13(17(25)26)8-5-9-20-16(18)19/h2-4,6-7,13,25-26H,5,8-11H2,1H3,(H,21,23)(H4,18,19,20). The highest BCUT2D eigenvalue weighted by molar-refractivity contribution is 6.43. The van der Waals surface area contributed by atoms with Crippen LogP contribution in [0.4, 0.5) is 0 Å². The molecule has 1 atom stereocenters.